The van der Waals surface area contributed by atoms with E-state index in [9.17, 15) is 4.39 Å². The highest BCUT2D eigenvalue weighted by Gasteiger charge is 2.11. The highest BCUT2D eigenvalue weighted by atomic mass is 35.5. The van der Waals surface area contributed by atoms with Crippen LogP contribution >= 0.6 is 11.6 Å². The molecule has 94 valence electrons. The zero-order valence-electron chi connectivity index (χ0n) is 9.52. The van der Waals surface area contributed by atoms with Gasteiger partial charge >= 0.3 is 6.01 Å². The quantitative estimate of drug-likeness (QED) is 0.925. The molecule has 7 heteroatoms. The van der Waals surface area contributed by atoms with E-state index in [1.54, 1.807) is 6.92 Å². The maximum atomic E-state index is 13.2. The Morgan fingerprint density at radius 1 is 1.33 bits per heavy atom. The predicted molar refractivity (Wildman–Crippen MR) is 65.8 cm³/mol. The van der Waals surface area contributed by atoms with E-state index >= 15 is 0 Å². The van der Waals surface area contributed by atoms with Crippen LogP contribution < -0.4 is 10.5 Å². The van der Waals surface area contributed by atoms with E-state index in [2.05, 4.69) is 15.0 Å². The molecule has 0 spiro atoms. The molecule has 2 aromatic rings. The number of benzene rings is 1. The van der Waals surface area contributed by atoms with E-state index in [1.807, 2.05) is 0 Å². The van der Waals surface area contributed by atoms with Crippen molar-refractivity contribution >= 4 is 17.5 Å². The molecule has 1 aromatic carbocycles. The molecule has 2 rings (SSSR count). The summed E-state index contributed by atoms with van der Waals surface area (Å²) in [5.41, 5.74) is 5.88. The van der Waals surface area contributed by atoms with E-state index in [0.717, 1.165) is 0 Å². The fourth-order valence-corrected chi connectivity index (χ4v) is 1.56. The fourth-order valence-electron chi connectivity index (χ4n) is 1.36. The summed E-state index contributed by atoms with van der Waals surface area (Å²) in [5.74, 6) is -0.273. The molecule has 0 aliphatic heterocycles. The highest BCUT2D eigenvalue weighted by molar-refractivity contribution is 6.33. The van der Waals surface area contributed by atoms with Gasteiger partial charge in [0.25, 0.3) is 0 Å². The molecule has 0 radical (unpaired) electrons. The third-order valence-corrected chi connectivity index (χ3v) is 2.40. The second-order valence-corrected chi connectivity index (χ2v) is 3.76. The number of halogens is 2. The number of aromatic nitrogens is 3. The first kappa shape index (κ1) is 12.5. The van der Waals surface area contributed by atoms with Gasteiger partial charge in [-0.1, -0.05) is 11.6 Å². The lowest BCUT2D eigenvalue weighted by atomic mass is 10.2. The number of nitrogens with zero attached hydrogens (tertiary/aromatic N) is 3. The smallest absolute Gasteiger partial charge is 0.321 e. The Morgan fingerprint density at radius 3 is 2.83 bits per heavy atom. The maximum absolute atomic E-state index is 13.2. The van der Waals surface area contributed by atoms with Crippen molar-refractivity contribution in [1.82, 2.24) is 15.0 Å². The first-order chi connectivity index (χ1) is 8.60. The third kappa shape index (κ3) is 2.65. The lowest BCUT2D eigenvalue weighted by Gasteiger charge is -2.06. The normalized spacial score (nSPS) is 10.4. The van der Waals surface area contributed by atoms with Crippen molar-refractivity contribution in [2.24, 2.45) is 0 Å². The third-order valence-electron chi connectivity index (χ3n) is 2.07. The largest absolute Gasteiger partial charge is 0.464 e. The van der Waals surface area contributed by atoms with E-state index < -0.39 is 5.82 Å². The topological polar surface area (TPSA) is 73.9 Å². The molecule has 5 nitrogen and oxygen atoms in total. The Morgan fingerprint density at radius 2 is 2.11 bits per heavy atom. The van der Waals surface area contributed by atoms with Crippen LogP contribution in [0.25, 0.3) is 11.4 Å². The lowest BCUT2D eigenvalue weighted by Crippen LogP contribution is -2.05. The molecular formula is C11H10ClFN4O. The first-order valence-corrected chi connectivity index (χ1v) is 5.57. The number of nitrogen functional groups attached to an aromatic ring is 1. The van der Waals surface area contributed by atoms with Gasteiger partial charge in [0.15, 0.2) is 5.82 Å². The van der Waals surface area contributed by atoms with Gasteiger partial charge in [-0.25, -0.2) is 4.39 Å². The first-order valence-electron chi connectivity index (χ1n) is 5.20. The van der Waals surface area contributed by atoms with Crippen LogP contribution in [-0.4, -0.2) is 21.6 Å². The summed E-state index contributed by atoms with van der Waals surface area (Å²) in [6.07, 6.45) is 0. The minimum absolute atomic E-state index is 0.0104. The van der Waals surface area contributed by atoms with Crippen LogP contribution in [0.1, 0.15) is 6.92 Å². The zero-order valence-corrected chi connectivity index (χ0v) is 10.3. The fraction of sp³-hybridized carbons (Fsp3) is 0.182. The zero-order chi connectivity index (χ0) is 13.1. The number of rotatable bonds is 3. The molecule has 0 fully saturated rings. The van der Waals surface area contributed by atoms with Gasteiger partial charge in [-0.2, -0.15) is 15.0 Å². The van der Waals surface area contributed by atoms with Crippen LogP contribution in [0, 0.1) is 5.82 Å². The SMILES string of the molecule is CCOc1nc(N)nc(-c2cc(F)ccc2Cl)n1. The minimum atomic E-state index is -0.439. The number of nitrogens with two attached hydrogens (primary N) is 1. The van der Waals surface area contributed by atoms with Crippen LogP contribution in [0.4, 0.5) is 10.3 Å². The average Bonchev–Trinajstić information content (AvgIpc) is 2.32. The number of hydrogen-bond acceptors (Lipinski definition) is 5. The summed E-state index contributed by atoms with van der Waals surface area (Å²) < 4.78 is 18.3. The van der Waals surface area contributed by atoms with Gasteiger partial charge in [-0.05, 0) is 25.1 Å². The van der Waals surface area contributed by atoms with Crippen molar-refractivity contribution in [1.29, 1.82) is 0 Å². The summed E-state index contributed by atoms with van der Waals surface area (Å²) in [5, 5.41) is 0.324. The van der Waals surface area contributed by atoms with Gasteiger partial charge in [0, 0.05) is 5.56 Å². The molecule has 0 saturated carbocycles. The van der Waals surface area contributed by atoms with Crippen LogP contribution in [0.5, 0.6) is 6.01 Å². The summed E-state index contributed by atoms with van der Waals surface area (Å²) >= 11 is 5.96. The molecule has 2 N–H and O–H groups in total. The van der Waals surface area contributed by atoms with E-state index in [-0.39, 0.29) is 17.8 Å². The van der Waals surface area contributed by atoms with Gasteiger partial charge < -0.3 is 10.5 Å². The van der Waals surface area contributed by atoms with Crippen molar-refractivity contribution in [3.8, 4) is 17.4 Å². The van der Waals surface area contributed by atoms with Crippen molar-refractivity contribution in [3.05, 3.63) is 29.0 Å². The summed E-state index contributed by atoms with van der Waals surface area (Å²) in [7, 11) is 0. The summed E-state index contributed by atoms with van der Waals surface area (Å²) in [6, 6.07) is 3.99. The molecule has 0 unspecified atom stereocenters. The van der Waals surface area contributed by atoms with Crippen LogP contribution in [0.2, 0.25) is 5.02 Å². The second-order valence-electron chi connectivity index (χ2n) is 3.36. The van der Waals surface area contributed by atoms with Crippen LogP contribution in [0.3, 0.4) is 0 Å². The Kier molecular flexibility index (Phi) is 3.57. The minimum Gasteiger partial charge on any atom is -0.464 e. The molecule has 0 aliphatic carbocycles. The monoisotopic (exact) mass is 268 g/mol. The van der Waals surface area contributed by atoms with Gasteiger partial charge in [0.05, 0.1) is 11.6 Å². The lowest BCUT2D eigenvalue weighted by molar-refractivity contribution is 0.312. The second kappa shape index (κ2) is 5.14. The van der Waals surface area contributed by atoms with Crippen molar-refractivity contribution in [3.63, 3.8) is 0 Å². The van der Waals surface area contributed by atoms with Gasteiger partial charge in [-0.15, -0.1) is 0 Å². The molecule has 1 heterocycles. The van der Waals surface area contributed by atoms with Crippen LogP contribution in [-0.2, 0) is 0 Å². The van der Waals surface area contributed by atoms with Gasteiger partial charge in [0.1, 0.15) is 5.82 Å². The van der Waals surface area contributed by atoms with E-state index in [0.29, 0.717) is 17.2 Å². The molecule has 0 amide bonds. The van der Waals surface area contributed by atoms with Gasteiger partial charge in [0.2, 0.25) is 5.95 Å². The summed E-state index contributed by atoms with van der Waals surface area (Å²) in [4.78, 5) is 11.7. The van der Waals surface area contributed by atoms with E-state index in [4.69, 9.17) is 22.1 Å². The molecule has 0 atom stereocenters. The molecule has 1 aromatic heterocycles. The average molecular weight is 269 g/mol. The van der Waals surface area contributed by atoms with E-state index in [1.165, 1.54) is 18.2 Å². The standard InChI is InChI=1S/C11H10ClFN4O/c1-2-18-11-16-9(15-10(14)17-11)7-5-6(13)3-4-8(7)12/h3-5H,2H2,1H3,(H2,14,15,16,17). The number of anilines is 1. The molecule has 0 bridgehead atoms. The van der Waals surface area contributed by atoms with Gasteiger partial charge in [-0.3, -0.25) is 0 Å². The highest BCUT2D eigenvalue weighted by Crippen LogP contribution is 2.27. The van der Waals surface area contributed by atoms with Crippen molar-refractivity contribution in [2.45, 2.75) is 6.92 Å². The molecule has 18 heavy (non-hydrogen) atoms. The Hall–Kier alpha value is -1.95. The Labute approximate surface area is 108 Å². The maximum Gasteiger partial charge on any atom is 0.321 e. The Balaban J connectivity index is 2.52. The summed E-state index contributed by atoms with van der Waals surface area (Å²) in [6.45, 7) is 2.18. The number of hydrogen-bond donors (Lipinski definition) is 1. The molecule has 0 aliphatic rings. The Bertz CT molecular complexity index is 579. The predicted octanol–water partition coefficient (Wildman–Crippen LogP) is 2.31. The molecule has 0 saturated heterocycles. The number of ether oxygens (including phenoxy) is 1. The van der Waals surface area contributed by atoms with Crippen LogP contribution in [0.15, 0.2) is 18.2 Å². The van der Waals surface area contributed by atoms with Crippen molar-refractivity contribution < 1.29 is 9.13 Å². The van der Waals surface area contributed by atoms with Crippen molar-refractivity contribution in [2.75, 3.05) is 12.3 Å². The molecular weight excluding hydrogens is 259 g/mol.